The van der Waals surface area contributed by atoms with Gasteiger partial charge < -0.3 is 14.0 Å². The molecule has 6 heteroatoms. The van der Waals surface area contributed by atoms with Gasteiger partial charge >= 0.3 is 0 Å². The number of hydrogen-bond donors (Lipinski definition) is 0. The van der Waals surface area contributed by atoms with Gasteiger partial charge in [-0.25, -0.2) is 0 Å². The summed E-state index contributed by atoms with van der Waals surface area (Å²) in [5, 5.41) is 0.0633. The van der Waals surface area contributed by atoms with E-state index in [0.29, 0.717) is 12.8 Å². The molecule has 0 radical (unpaired) electrons. The quantitative estimate of drug-likeness (QED) is 0.357. The zero-order valence-corrected chi connectivity index (χ0v) is 21.6. The zero-order valence-electron chi connectivity index (χ0n) is 19.0. The van der Waals surface area contributed by atoms with Crippen LogP contribution < -0.4 is 9.16 Å². The molecule has 1 aliphatic rings. The van der Waals surface area contributed by atoms with Crippen molar-refractivity contribution >= 4 is 36.3 Å². The summed E-state index contributed by atoms with van der Waals surface area (Å²) in [4.78, 5) is 24.2. The van der Waals surface area contributed by atoms with Crippen LogP contribution in [-0.4, -0.2) is 27.5 Å². The zero-order chi connectivity index (χ0) is 22.2. The second-order valence-electron chi connectivity index (χ2n) is 10.5. The van der Waals surface area contributed by atoms with E-state index in [1.165, 1.54) is 0 Å². The fourth-order valence-corrected chi connectivity index (χ4v) is 5.38. The Kier molecular flexibility index (Phi) is 7.10. The fourth-order valence-electron chi connectivity index (χ4n) is 3.85. The molecule has 162 valence electrons. The Morgan fingerprint density at radius 2 is 1.86 bits per heavy atom. The van der Waals surface area contributed by atoms with Gasteiger partial charge in [0.2, 0.25) is 8.32 Å². The Hall–Kier alpha value is -1.14. The summed E-state index contributed by atoms with van der Waals surface area (Å²) in [5.74, 6) is 1.40. The summed E-state index contributed by atoms with van der Waals surface area (Å²) in [6.07, 6.45) is 2.60. The molecule has 0 amide bonds. The fraction of sp³-hybridized carbons (Fsp3) is 0.652. The standard InChI is InChI=1S/C23H35BrO4Si/c1-22(2,3)29(7,8)28-20-12-18(24)21(27-6)11-16(20)10-17-19(26)9-15(14-25)13-23(17,4)5/h11-12,14-15,17H,9-10,13H2,1-8H3. The van der Waals surface area contributed by atoms with Gasteiger partial charge in [-0.1, -0.05) is 34.6 Å². The molecular formula is C23H35BrO4Si. The van der Waals surface area contributed by atoms with Crippen molar-refractivity contribution in [1.29, 1.82) is 0 Å². The lowest BCUT2D eigenvalue weighted by atomic mass is 9.63. The van der Waals surface area contributed by atoms with Gasteiger partial charge in [-0.05, 0) is 70.0 Å². The normalized spacial score (nSPS) is 22.3. The minimum Gasteiger partial charge on any atom is -0.543 e. The van der Waals surface area contributed by atoms with Gasteiger partial charge in [0.05, 0.1) is 11.6 Å². The third-order valence-electron chi connectivity index (χ3n) is 6.71. The SMILES string of the molecule is COc1cc(CC2C(=O)CC(C=O)CC2(C)C)c(O[Si](C)(C)C(C)(C)C)cc1Br. The van der Waals surface area contributed by atoms with E-state index in [0.717, 1.165) is 34.2 Å². The third-order valence-corrected chi connectivity index (χ3v) is 11.7. The maximum absolute atomic E-state index is 12.9. The summed E-state index contributed by atoms with van der Waals surface area (Å²) in [6.45, 7) is 15.3. The van der Waals surface area contributed by atoms with Crippen LogP contribution in [0.15, 0.2) is 16.6 Å². The van der Waals surface area contributed by atoms with E-state index in [4.69, 9.17) is 9.16 Å². The second kappa shape index (κ2) is 8.54. The lowest BCUT2D eigenvalue weighted by Crippen LogP contribution is -2.44. The first kappa shape index (κ1) is 24.1. The highest BCUT2D eigenvalue weighted by Crippen LogP contribution is 2.46. The largest absolute Gasteiger partial charge is 0.543 e. The van der Waals surface area contributed by atoms with E-state index >= 15 is 0 Å². The van der Waals surface area contributed by atoms with Crippen molar-refractivity contribution in [3.63, 3.8) is 0 Å². The van der Waals surface area contributed by atoms with Gasteiger partial charge in [-0.15, -0.1) is 0 Å². The van der Waals surface area contributed by atoms with E-state index in [-0.39, 0.29) is 28.1 Å². The molecule has 2 atom stereocenters. The molecule has 0 saturated heterocycles. The summed E-state index contributed by atoms with van der Waals surface area (Å²) in [6, 6.07) is 3.96. The summed E-state index contributed by atoms with van der Waals surface area (Å²) < 4.78 is 13.0. The Bertz CT molecular complexity index is 780. The van der Waals surface area contributed by atoms with Crippen LogP contribution >= 0.6 is 15.9 Å². The van der Waals surface area contributed by atoms with Crippen LogP contribution in [0.2, 0.25) is 18.1 Å². The number of rotatable bonds is 6. The Labute approximate surface area is 185 Å². The molecule has 4 nitrogen and oxygen atoms in total. The molecule has 0 aromatic heterocycles. The highest BCUT2D eigenvalue weighted by atomic mass is 79.9. The van der Waals surface area contributed by atoms with Crippen LogP contribution in [0.1, 0.15) is 53.0 Å². The van der Waals surface area contributed by atoms with E-state index in [1.54, 1.807) is 7.11 Å². The first-order valence-corrected chi connectivity index (χ1v) is 14.0. The molecule has 2 unspecified atom stereocenters. The van der Waals surface area contributed by atoms with Crippen LogP contribution in [0.5, 0.6) is 11.5 Å². The molecule has 0 N–H and O–H groups in total. The third kappa shape index (κ3) is 5.32. The molecule has 1 saturated carbocycles. The topological polar surface area (TPSA) is 52.6 Å². The van der Waals surface area contributed by atoms with Crippen LogP contribution in [0, 0.1) is 17.3 Å². The van der Waals surface area contributed by atoms with Crippen LogP contribution in [-0.2, 0) is 16.0 Å². The molecule has 0 aliphatic heterocycles. The lowest BCUT2D eigenvalue weighted by Gasteiger charge is -2.41. The average molecular weight is 484 g/mol. The molecule has 2 rings (SSSR count). The van der Waals surface area contributed by atoms with Gasteiger partial charge in [0.15, 0.2) is 0 Å². The maximum atomic E-state index is 12.9. The number of carbonyl (C=O) groups is 2. The number of Topliss-reactive ketones (excluding diaryl/α,β-unsaturated/α-hetero) is 1. The highest BCUT2D eigenvalue weighted by molar-refractivity contribution is 9.10. The molecule has 29 heavy (non-hydrogen) atoms. The van der Waals surface area contributed by atoms with E-state index < -0.39 is 8.32 Å². The van der Waals surface area contributed by atoms with Crippen LogP contribution in [0.25, 0.3) is 0 Å². The molecule has 0 spiro atoms. The molecule has 1 aromatic carbocycles. The number of ketones is 1. The second-order valence-corrected chi connectivity index (χ2v) is 16.1. The summed E-state index contributed by atoms with van der Waals surface area (Å²) in [7, 11) is -0.414. The number of ether oxygens (including phenoxy) is 1. The Morgan fingerprint density at radius 3 is 2.34 bits per heavy atom. The van der Waals surface area contributed by atoms with Crippen LogP contribution in [0.3, 0.4) is 0 Å². The maximum Gasteiger partial charge on any atom is 0.250 e. The van der Waals surface area contributed by atoms with Crippen molar-refractivity contribution in [2.75, 3.05) is 7.11 Å². The van der Waals surface area contributed by atoms with Crippen molar-refractivity contribution in [2.24, 2.45) is 17.3 Å². The predicted octanol–water partition coefficient (Wildman–Crippen LogP) is 6.20. The highest BCUT2D eigenvalue weighted by Gasteiger charge is 2.43. The van der Waals surface area contributed by atoms with Gasteiger partial charge in [-0.3, -0.25) is 4.79 Å². The lowest BCUT2D eigenvalue weighted by molar-refractivity contribution is -0.134. The smallest absolute Gasteiger partial charge is 0.250 e. The monoisotopic (exact) mass is 482 g/mol. The molecule has 1 aromatic rings. The summed E-state index contributed by atoms with van der Waals surface area (Å²) >= 11 is 3.58. The minimum absolute atomic E-state index is 0.0633. The van der Waals surface area contributed by atoms with E-state index in [9.17, 15) is 9.59 Å². The minimum atomic E-state index is -2.06. The molecule has 1 fully saturated rings. The van der Waals surface area contributed by atoms with Gasteiger partial charge in [0, 0.05) is 18.3 Å². The molecule has 0 heterocycles. The first-order valence-electron chi connectivity index (χ1n) is 10.3. The van der Waals surface area contributed by atoms with Crippen molar-refractivity contribution in [3.8, 4) is 11.5 Å². The Morgan fingerprint density at radius 1 is 1.24 bits per heavy atom. The van der Waals surface area contributed by atoms with Crippen molar-refractivity contribution in [1.82, 2.24) is 0 Å². The average Bonchev–Trinajstić information content (AvgIpc) is 2.57. The van der Waals surface area contributed by atoms with Crippen molar-refractivity contribution in [2.45, 2.75) is 72.0 Å². The number of benzene rings is 1. The number of halogens is 1. The molecular weight excluding hydrogens is 448 g/mol. The van der Waals surface area contributed by atoms with Crippen molar-refractivity contribution in [3.05, 3.63) is 22.2 Å². The van der Waals surface area contributed by atoms with E-state index in [1.807, 2.05) is 12.1 Å². The van der Waals surface area contributed by atoms with Gasteiger partial charge in [0.25, 0.3) is 0 Å². The number of methoxy groups -OCH3 is 1. The van der Waals surface area contributed by atoms with E-state index in [2.05, 4.69) is 63.6 Å². The first-order chi connectivity index (χ1) is 13.2. The number of carbonyl (C=O) groups excluding carboxylic acids is 2. The summed E-state index contributed by atoms with van der Waals surface area (Å²) in [5.41, 5.74) is 0.751. The molecule has 0 bridgehead atoms. The van der Waals surface area contributed by atoms with Crippen LogP contribution in [0.4, 0.5) is 0 Å². The van der Waals surface area contributed by atoms with Gasteiger partial charge in [-0.2, -0.15) is 0 Å². The number of aldehydes is 1. The number of hydrogen-bond acceptors (Lipinski definition) is 4. The predicted molar refractivity (Wildman–Crippen MR) is 123 cm³/mol. The van der Waals surface area contributed by atoms with Gasteiger partial charge in [0.1, 0.15) is 23.6 Å². The van der Waals surface area contributed by atoms with Crippen molar-refractivity contribution < 1.29 is 18.8 Å². The molecule has 1 aliphatic carbocycles. The Balaban J connectivity index is 2.45.